The minimum absolute atomic E-state index is 0.0607. The number of ether oxygens (including phenoxy) is 3. The first-order valence-corrected chi connectivity index (χ1v) is 13.2. The van der Waals surface area contributed by atoms with Gasteiger partial charge in [0.15, 0.2) is 5.82 Å². The fourth-order valence-corrected chi connectivity index (χ4v) is 5.02. The fourth-order valence-electron chi connectivity index (χ4n) is 3.79. The highest BCUT2D eigenvalue weighted by atomic mass is 32.2. The molecular formula is C25H29N7O5S. The van der Waals surface area contributed by atoms with Crippen molar-refractivity contribution in [3.8, 4) is 34.3 Å². The Morgan fingerprint density at radius 3 is 2.18 bits per heavy atom. The Morgan fingerprint density at radius 2 is 1.58 bits per heavy atom. The maximum Gasteiger partial charge on any atom is 0.243 e. The van der Waals surface area contributed by atoms with Crippen LogP contribution in [-0.4, -0.2) is 64.7 Å². The molecule has 0 saturated carbocycles. The number of anilines is 1. The van der Waals surface area contributed by atoms with Gasteiger partial charge in [-0.05, 0) is 37.6 Å². The summed E-state index contributed by atoms with van der Waals surface area (Å²) in [5.41, 5.74) is 1.82. The van der Waals surface area contributed by atoms with Gasteiger partial charge in [0.1, 0.15) is 28.8 Å². The van der Waals surface area contributed by atoms with Crippen LogP contribution in [0.5, 0.6) is 17.2 Å². The number of hydrogen-bond acceptors (Lipinski definition) is 10. The third kappa shape index (κ3) is 5.23. The smallest absolute Gasteiger partial charge is 0.243 e. The van der Waals surface area contributed by atoms with E-state index in [1.807, 2.05) is 6.92 Å². The number of pyridine rings is 1. The zero-order valence-electron chi connectivity index (χ0n) is 21.9. The van der Waals surface area contributed by atoms with E-state index in [0.717, 1.165) is 5.56 Å². The maximum absolute atomic E-state index is 13.6. The molecule has 2 atom stereocenters. The lowest BCUT2D eigenvalue weighted by atomic mass is 10.1. The van der Waals surface area contributed by atoms with Gasteiger partial charge >= 0.3 is 0 Å². The predicted molar refractivity (Wildman–Crippen MR) is 141 cm³/mol. The molecule has 0 saturated heterocycles. The van der Waals surface area contributed by atoms with Gasteiger partial charge in [-0.1, -0.05) is 13.0 Å². The van der Waals surface area contributed by atoms with Gasteiger partial charge in [0.05, 0.1) is 32.8 Å². The van der Waals surface area contributed by atoms with E-state index in [1.165, 1.54) is 25.9 Å². The normalized spacial score (nSPS) is 13.0. The quantitative estimate of drug-likeness (QED) is 0.318. The number of nitrogens with zero attached hydrogens (tertiary/aromatic N) is 6. The average Bonchev–Trinajstić information content (AvgIpc) is 3.34. The van der Waals surface area contributed by atoms with Crippen LogP contribution in [0, 0.1) is 6.92 Å². The number of rotatable bonds is 10. The maximum atomic E-state index is 13.6. The minimum Gasteiger partial charge on any atom is -0.495 e. The molecule has 2 unspecified atom stereocenters. The molecule has 13 heteroatoms. The number of aromatic nitrogens is 6. The number of aryl methyl sites for hydroxylation is 1. The first-order valence-electron chi connectivity index (χ1n) is 11.7. The molecule has 0 radical (unpaired) electrons. The third-order valence-electron chi connectivity index (χ3n) is 6.13. The van der Waals surface area contributed by atoms with E-state index in [1.54, 1.807) is 62.9 Å². The first-order chi connectivity index (χ1) is 18.2. The van der Waals surface area contributed by atoms with Gasteiger partial charge in [-0.25, -0.2) is 18.4 Å². The number of methoxy groups -OCH3 is 3. The highest BCUT2D eigenvalue weighted by Crippen LogP contribution is 2.38. The Bertz CT molecular complexity index is 1500. The van der Waals surface area contributed by atoms with Gasteiger partial charge in [-0.3, -0.25) is 14.3 Å². The van der Waals surface area contributed by atoms with Gasteiger partial charge in [-0.15, -0.1) is 10.2 Å². The van der Waals surface area contributed by atoms with Crippen LogP contribution in [0.15, 0.2) is 49.1 Å². The van der Waals surface area contributed by atoms with Crippen LogP contribution >= 0.6 is 0 Å². The largest absolute Gasteiger partial charge is 0.495 e. The molecule has 0 aliphatic rings. The molecule has 3 heterocycles. The Kier molecular flexibility index (Phi) is 7.76. The van der Waals surface area contributed by atoms with E-state index >= 15 is 0 Å². The van der Waals surface area contributed by atoms with Crippen molar-refractivity contribution < 1.29 is 22.6 Å². The van der Waals surface area contributed by atoms with Crippen LogP contribution in [0.25, 0.3) is 17.1 Å². The lowest BCUT2D eigenvalue weighted by Crippen LogP contribution is -2.31. The summed E-state index contributed by atoms with van der Waals surface area (Å²) >= 11 is 0. The van der Waals surface area contributed by atoms with Crippen LogP contribution in [0.4, 0.5) is 5.95 Å². The topological polar surface area (TPSA) is 143 Å². The molecule has 200 valence electrons. The molecule has 12 nitrogen and oxygen atoms in total. The third-order valence-corrected chi connectivity index (χ3v) is 7.99. The lowest BCUT2D eigenvalue weighted by molar-refractivity contribution is 0.391. The van der Waals surface area contributed by atoms with Gasteiger partial charge < -0.3 is 14.2 Å². The average molecular weight is 540 g/mol. The van der Waals surface area contributed by atoms with Crippen LogP contribution < -0.4 is 18.9 Å². The summed E-state index contributed by atoms with van der Waals surface area (Å²) in [6.45, 7) is 5.22. The number of nitrogens with one attached hydrogen (secondary N) is 1. The summed E-state index contributed by atoms with van der Waals surface area (Å²) in [5, 5.41) is 7.59. The Hall–Kier alpha value is -4.26. The molecular weight excluding hydrogens is 510 g/mol. The molecule has 0 amide bonds. The second-order valence-corrected chi connectivity index (χ2v) is 10.6. The molecule has 4 rings (SSSR count). The summed E-state index contributed by atoms with van der Waals surface area (Å²) in [7, 11) is 0.534. The van der Waals surface area contributed by atoms with Crippen LogP contribution in [0.3, 0.4) is 0 Å². The fraction of sp³-hybridized carbons (Fsp3) is 0.320. The lowest BCUT2D eigenvalue weighted by Gasteiger charge is -2.21. The summed E-state index contributed by atoms with van der Waals surface area (Å²) in [4.78, 5) is 12.8. The number of sulfonamides is 1. The molecule has 1 N–H and O–H groups in total. The molecule has 0 spiro atoms. The zero-order valence-corrected chi connectivity index (χ0v) is 22.7. The molecule has 0 fully saturated rings. The Morgan fingerprint density at radius 1 is 0.921 bits per heavy atom. The van der Waals surface area contributed by atoms with Gasteiger partial charge in [0, 0.05) is 30.1 Å². The summed E-state index contributed by atoms with van der Waals surface area (Å²) in [6, 6.07) is 6.92. The van der Waals surface area contributed by atoms with E-state index in [2.05, 4.69) is 29.9 Å². The van der Waals surface area contributed by atoms with Gasteiger partial charge in [0.2, 0.25) is 16.0 Å². The van der Waals surface area contributed by atoms with Crippen molar-refractivity contribution in [3.63, 3.8) is 0 Å². The minimum atomic E-state index is -4.00. The summed E-state index contributed by atoms with van der Waals surface area (Å²) in [6.07, 6.45) is 6.44. The zero-order chi connectivity index (χ0) is 27.4. The van der Waals surface area contributed by atoms with Crippen molar-refractivity contribution in [2.24, 2.45) is 0 Å². The number of hydrogen-bond donors (Lipinski definition) is 1. The van der Waals surface area contributed by atoms with Crippen molar-refractivity contribution in [2.45, 2.75) is 31.9 Å². The summed E-state index contributed by atoms with van der Waals surface area (Å²) < 4.78 is 47.8. The van der Waals surface area contributed by atoms with E-state index < -0.39 is 21.2 Å². The second kappa shape index (κ2) is 11.0. The molecule has 3 aromatic heterocycles. The highest BCUT2D eigenvalue weighted by molar-refractivity contribution is 7.93. The van der Waals surface area contributed by atoms with Crippen LogP contribution in [0.1, 0.15) is 31.2 Å². The second-order valence-electron chi connectivity index (χ2n) is 8.57. The number of benzene rings is 1. The van der Waals surface area contributed by atoms with Gasteiger partial charge in [0.25, 0.3) is 0 Å². The van der Waals surface area contributed by atoms with Crippen molar-refractivity contribution in [3.05, 3.63) is 60.4 Å². The summed E-state index contributed by atoms with van der Waals surface area (Å²) in [5.74, 6) is 1.46. The Labute approximate surface area is 221 Å². The van der Waals surface area contributed by atoms with E-state index in [-0.39, 0.29) is 5.95 Å². The van der Waals surface area contributed by atoms with Crippen molar-refractivity contribution in [2.75, 3.05) is 26.1 Å². The van der Waals surface area contributed by atoms with Crippen LogP contribution in [-0.2, 0) is 10.0 Å². The molecule has 0 aliphatic heterocycles. The van der Waals surface area contributed by atoms with Crippen molar-refractivity contribution >= 4 is 16.0 Å². The van der Waals surface area contributed by atoms with Crippen LogP contribution in [0.2, 0.25) is 0 Å². The SMILES string of the molecule is COc1cncc(-c2nnc(NS(=O)(=O)C(C)C(C)c3ncc(C)cn3)n2-c2c(OC)cccc2OC)c1. The van der Waals surface area contributed by atoms with E-state index in [4.69, 9.17) is 14.2 Å². The molecule has 0 aliphatic carbocycles. The standard InChI is InChI=1S/C25H29N7O5S/c1-15-11-27-23(28-12-15)16(2)17(3)38(33,34)31-25-30-29-24(18-10-19(35-4)14-26-13-18)32(25)22-20(36-5)8-7-9-21(22)37-6/h7-14,16-17H,1-6H3,(H,30,31). The molecule has 38 heavy (non-hydrogen) atoms. The Balaban J connectivity index is 1.84. The monoisotopic (exact) mass is 539 g/mol. The van der Waals surface area contributed by atoms with Crippen molar-refractivity contribution in [1.82, 2.24) is 29.7 Å². The molecule has 0 bridgehead atoms. The number of para-hydroxylation sites is 1. The predicted octanol–water partition coefficient (Wildman–Crippen LogP) is 3.39. The molecule has 1 aromatic carbocycles. The van der Waals surface area contributed by atoms with Gasteiger partial charge in [-0.2, -0.15) is 0 Å². The van der Waals surface area contributed by atoms with E-state index in [9.17, 15) is 8.42 Å². The molecule has 4 aromatic rings. The highest BCUT2D eigenvalue weighted by Gasteiger charge is 2.32. The van der Waals surface area contributed by atoms with E-state index in [0.29, 0.717) is 40.1 Å². The first kappa shape index (κ1) is 26.8. The van der Waals surface area contributed by atoms with Crippen molar-refractivity contribution in [1.29, 1.82) is 0 Å².